The summed E-state index contributed by atoms with van der Waals surface area (Å²) in [5.74, 6) is 2.85. The normalized spacial score (nSPS) is 14.9. The van der Waals surface area contributed by atoms with Gasteiger partial charge in [0.15, 0.2) is 11.6 Å². The molecule has 0 saturated carbocycles. The van der Waals surface area contributed by atoms with Gasteiger partial charge in [-0.1, -0.05) is 136 Å². The number of phenolic OH excluding ortho intramolecular Hbond substituents is 1. The summed E-state index contributed by atoms with van der Waals surface area (Å²) in [5.41, 5.74) is 9.08. The summed E-state index contributed by atoms with van der Waals surface area (Å²) in [4.78, 5) is 32.5. The molecule has 0 radical (unpaired) electrons. The molecule has 74 heavy (non-hydrogen) atoms. The van der Waals surface area contributed by atoms with E-state index in [0.29, 0.717) is 31.6 Å². The van der Waals surface area contributed by atoms with Gasteiger partial charge in [-0.15, -0.1) is 0 Å². The quantitative estimate of drug-likeness (QED) is 0.0564. The van der Waals surface area contributed by atoms with Crippen LogP contribution in [-0.2, 0) is 22.4 Å². The standard InChI is InChI=1S/C35H43NO3.C31H35NO3/c1-5-32(28-12-8-6-9-13-28)34(29-16-20-31(21-17-29)39-35(2,3)4)33(37)26-27-14-18-30(19-15-27)38-25-24-36-22-10-7-11-23-36;1-2-29(25-9-5-3-6-10-25)31(26-13-15-27(33)16-14-26)30(34)23-24-11-17-28(18-12-24)35-22-21-32-19-7-4-8-20-32/h6,8-9,12-21H,5,7,10-11,22-26H2,1-4H3;3,5-6,9-18,33H,2,4,7-8,19-23H2,1H3. The minimum atomic E-state index is -0.280. The first-order valence-corrected chi connectivity index (χ1v) is 27.1. The molecule has 8 heteroatoms. The summed E-state index contributed by atoms with van der Waals surface area (Å²) >= 11 is 0. The lowest BCUT2D eigenvalue weighted by molar-refractivity contribution is -0.113. The Morgan fingerprint density at radius 3 is 1.19 bits per heavy atom. The van der Waals surface area contributed by atoms with Crippen LogP contribution in [0.3, 0.4) is 0 Å². The Balaban J connectivity index is 0.000000217. The van der Waals surface area contributed by atoms with Gasteiger partial charge >= 0.3 is 0 Å². The highest BCUT2D eigenvalue weighted by Gasteiger charge is 2.22. The smallest absolute Gasteiger partial charge is 0.168 e. The maximum atomic E-state index is 13.9. The number of hydrogen-bond donors (Lipinski definition) is 1. The molecule has 0 aromatic heterocycles. The average Bonchev–Trinajstić information content (AvgIpc) is 3.42. The Labute approximate surface area is 441 Å². The molecule has 0 amide bonds. The maximum Gasteiger partial charge on any atom is 0.168 e. The third kappa shape index (κ3) is 16.9. The predicted molar refractivity (Wildman–Crippen MR) is 304 cm³/mol. The first-order valence-electron chi connectivity index (χ1n) is 27.1. The van der Waals surface area contributed by atoms with Gasteiger partial charge < -0.3 is 19.3 Å². The third-order valence-electron chi connectivity index (χ3n) is 13.7. The van der Waals surface area contributed by atoms with Gasteiger partial charge in [0.05, 0.1) is 0 Å². The first-order chi connectivity index (χ1) is 36.0. The number of Topliss-reactive ketones (excluding diaryl/α,β-unsaturated/α-hetero) is 2. The monoisotopic (exact) mass is 995 g/mol. The molecule has 388 valence electrons. The summed E-state index contributed by atoms with van der Waals surface area (Å²) in [7, 11) is 0. The lowest BCUT2D eigenvalue weighted by Crippen LogP contribution is -2.33. The molecule has 0 unspecified atom stereocenters. The van der Waals surface area contributed by atoms with Crippen molar-refractivity contribution in [3.8, 4) is 23.0 Å². The van der Waals surface area contributed by atoms with Crippen molar-refractivity contribution in [2.75, 3.05) is 52.5 Å². The van der Waals surface area contributed by atoms with Crippen LogP contribution in [0.4, 0.5) is 0 Å². The van der Waals surface area contributed by atoms with Crippen molar-refractivity contribution < 1.29 is 28.9 Å². The molecule has 6 aromatic carbocycles. The van der Waals surface area contributed by atoms with Crippen LogP contribution in [-0.4, -0.2) is 84.6 Å². The molecule has 0 spiro atoms. The molecule has 6 aromatic rings. The van der Waals surface area contributed by atoms with Crippen LogP contribution in [0.25, 0.3) is 22.3 Å². The van der Waals surface area contributed by atoms with Crippen LogP contribution >= 0.6 is 0 Å². The molecule has 0 bridgehead atoms. The van der Waals surface area contributed by atoms with Crippen molar-refractivity contribution in [3.63, 3.8) is 0 Å². The molecule has 2 aliphatic rings. The Morgan fingerprint density at radius 2 is 0.824 bits per heavy atom. The van der Waals surface area contributed by atoms with Crippen molar-refractivity contribution in [2.24, 2.45) is 0 Å². The minimum Gasteiger partial charge on any atom is -0.508 e. The molecule has 2 fully saturated rings. The molecule has 1 N–H and O–H groups in total. The van der Waals surface area contributed by atoms with E-state index in [9.17, 15) is 14.7 Å². The van der Waals surface area contributed by atoms with E-state index < -0.39 is 0 Å². The molecular formula is C66H78N2O6. The number of hydrogen-bond acceptors (Lipinski definition) is 8. The molecule has 2 saturated heterocycles. The number of carbonyl (C=O) groups is 2. The van der Waals surface area contributed by atoms with Gasteiger partial charge in [0.1, 0.15) is 41.8 Å². The summed E-state index contributed by atoms with van der Waals surface area (Å²) in [6.07, 6.45) is 9.96. The van der Waals surface area contributed by atoms with E-state index in [1.165, 1.54) is 64.7 Å². The summed E-state index contributed by atoms with van der Waals surface area (Å²) in [6.45, 7) is 18.3. The molecule has 2 heterocycles. The SMILES string of the molecule is CCC(=C(C(=O)Cc1ccc(OCCN2CCCCC2)cc1)c1ccc(O)cc1)c1ccccc1.CCC(=C(C(=O)Cc1ccc(OCCN2CCCCC2)cc1)c1ccc(OC(C)(C)C)cc1)c1ccccc1. The van der Waals surface area contributed by atoms with Gasteiger partial charge in [0.25, 0.3) is 0 Å². The van der Waals surface area contributed by atoms with E-state index >= 15 is 0 Å². The van der Waals surface area contributed by atoms with Gasteiger partial charge in [0, 0.05) is 37.1 Å². The van der Waals surface area contributed by atoms with E-state index in [-0.39, 0.29) is 22.9 Å². The fourth-order valence-corrected chi connectivity index (χ4v) is 9.91. The van der Waals surface area contributed by atoms with Crippen molar-refractivity contribution in [2.45, 2.75) is 104 Å². The number of piperidine rings is 2. The van der Waals surface area contributed by atoms with Crippen LogP contribution in [0, 0.1) is 0 Å². The largest absolute Gasteiger partial charge is 0.508 e. The zero-order valence-electron chi connectivity index (χ0n) is 44.6. The lowest BCUT2D eigenvalue weighted by atomic mass is 9.88. The van der Waals surface area contributed by atoms with Gasteiger partial charge in [-0.3, -0.25) is 19.4 Å². The Hall–Kier alpha value is -6.74. The number of aromatic hydroxyl groups is 1. The van der Waals surface area contributed by atoms with E-state index in [1.54, 1.807) is 12.1 Å². The first kappa shape index (κ1) is 55.0. The van der Waals surface area contributed by atoms with Crippen LogP contribution in [0.2, 0.25) is 0 Å². The summed E-state index contributed by atoms with van der Waals surface area (Å²) in [5, 5.41) is 9.77. The van der Waals surface area contributed by atoms with Crippen molar-refractivity contribution >= 4 is 33.9 Å². The number of ether oxygens (including phenoxy) is 3. The fourth-order valence-electron chi connectivity index (χ4n) is 9.91. The number of phenols is 1. The van der Waals surface area contributed by atoms with Crippen LogP contribution in [0.1, 0.15) is 119 Å². The summed E-state index contributed by atoms with van der Waals surface area (Å²) < 4.78 is 18.0. The van der Waals surface area contributed by atoms with Crippen LogP contribution in [0.5, 0.6) is 23.0 Å². The highest BCUT2D eigenvalue weighted by molar-refractivity contribution is 6.29. The Morgan fingerprint density at radius 1 is 0.459 bits per heavy atom. The third-order valence-corrected chi connectivity index (χ3v) is 13.7. The molecule has 0 aliphatic carbocycles. The number of likely N-dealkylation sites (tertiary alicyclic amines) is 2. The van der Waals surface area contributed by atoms with Gasteiger partial charge in [-0.05, 0) is 179 Å². The number of ketones is 2. The zero-order chi connectivity index (χ0) is 52.1. The lowest BCUT2D eigenvalue weighted by Gasteiger charge is -2.26. The maximum absolute atomic E-state index is 13.9. The molecule has 0 atom stereocenters. The number of carbonyl (C=O) groups excluding carboxylic acids is 2. The number of rotatable bonds is 21. The zero-order valence-corrected chi connectivity index (χ0v) is 44.6. The van der Waals surface area contributed by atoms with E-state index in [1.807, 2.05) is 154 Å². The van der Waals surface area contributed by atoms with E-state index in [2.05, 4.69) is 35.8 Å². The van der Waals surface area contributed by atoms with E-state index in [4.69, 9.17) is 14.2 Å². The van der Waals surface area contributed by atoms with Gasteiger partial charge in [-0.2, -0.15) is 0 Å². The second-order valence-corrected chi connectivity index (χ2v) is 20.4. The second kappa shape index (κ2) is 28.1. The van der Waals surface area contributed by atoms with Gasteiger partial charge in [-0.25, -0.2) is 0 Å². The fraction of sp³-hybridized carbons (Fsp3) is 0.364. The number of benzene rings is 6. The van der Waals surface area contributed by atoms with Crippen molar-refractivity contribution in [1.82, 2.24) is 9.80 Å². The Bertz CT molecular complexity index is 2710. The van der Waals surface area contributed by atoms with Crippen LogP contribution in [0.15, 0.2) is 158 Å². The topological polar surface area (TPSA) is 88.5 Å². The average molecular weight is 995 g/mol. The number of allylic oxidation sites excluding steroid dienone is 4. The highest BCUT2D eigenvalue weighted by atomic mass is 16.5. The summed E-state index contributed by atoms with van der Waals surface area (Å²) in [6, 6.07) is 51.0. The molecule has 8 nitrogen and oxygen atoms in total. The van der Waals surface area contributed by atoms with Crippen molar-refractivity contribution in [3.05, 3.63) is 191 Å². The van der Waals surface area contributed by atoms with Crippen LogP contribution < -0.4 is 14.2 Å². The Kier molecular flexibility index (Phi) is 20.9. The van der Waals surface area contributed by atoms with Gasteiger partial charge in [0.2, 0.25) is 0 Å². The van der Waals surface area contributed by atoms with E-state index in [0.717, 1.165) is 93.3 Å². The molecular weight excluding hydrogens is 917 g/mol. The minimum absolute atomic E-state index is 0.0650. The highest BCUT2D eigenvalue weighted by Crippen LogP contribution is 2.34. The van der Waals surface area contributed by atoms with Crippen molar-refractivity contribution in [1.29, 1.82) is 0 Å². The number of nitrogens with zero attached hydrogens (tertiary/aromatic N) is 2. The molecule has 2 aliphatic heterocycles. The predicted octanol–water partition coefficient (Wildman–Crippen LogP) is 14.3. The molecule has 8 rings (SSSR count). The second-order valence-electron chi connectivity index (χ2n) is 20.4.